The van der Waals surface area contributed by atoms with E-state index in [1.165, 1.54) is 31.4 Å². The van der Waals surface area contributed by atoms with Crippen LogP contribution in [0.1, 0.15) is 31.7 Å². The molecule has 2 N–H and O–H groups in total. The first-order chi connectivity index (χ1) is 7.83. The van der Waals surface area contributed by atoms with Gasteiger partial charge in [-0.2, -0.15) is 0 Å². The highest BCUT2D eigenvalue weighted by atomic mass is 15.3. The van der Waals surface area contributed by atoms with Crippen LogP contribution in [0.5, 0.6) is 0 Å². The van der Waals surface area contributed by atoms with Crippen molar-refractivity contribution in [1.82, 2.24) is 15.2 Å². The largest absolute Gasteiger partial charge is 0.367 e. The summed E-state index contributed by atoms with van der Waals surface area (Å²) < 4.78 is 0. The Morgan fingerprint density at radius 3 is 3.06 bits per heavy atom. The second-order valence-electron chi connectivity index (χ2n) is 5.31. The number of hydrogen-bond donors (Lipinski definition) is 2. The lowest BCUT2D eigenvalue weighted by molar-refractivity contribution is 0.255. The van der Waals surface area contributed by atoms with Gasteiger partial charge in [-0.05, 0) is 37.8 Å². The molecule has 0 radical (unpaired) electrons. The van der Waals surface area contributed by atoms with Crippen molar-refractivity contribution in [2.24, 2.45) is 0 Å². The summed E-state index contributed by atoms with van der Waals surface area (Å²) in [6.45, 7) is 4.62. The molecule has 1 saturated carbocycles. The SMILES string of the molecule is CC1CC(NCc2cc[nH]c2)CN1C1CC1. The van der Waals surface area contributed by atoms with Crippen molar-refractivity contribution in [3.05, 3.63) is 24.0 Å². The van der Waals surface area contributed by atoms with Crippen molar-refractivity contribution in [2.75, 3.05) is 6.54 Å². The van der Waals surface area contributed by atoms with Gasteiger partial charge in [0.05, 0.1) is 0 Å². The standard InChI is InChI=1S/C13H21N3/c1-10-6-12(9-16(10)13-2-3-13)15-8-11-4-5-14-7-11/h4-5,7,10,12-15H,2-3,6,8-9H2,1H3. The fourth-order valence-electron chi connectivity index (χ4n) is 2.85. The molecule has 88 valence electrons. The van der Waals surface area contributed by atoms with Gasteiger partial charge in [0.2, 0.25) is 0 Å². The first kappa shape index (κ1) is 10.4. The fraction of sp³-hybridized carbons (Fsp3) is 0.692. The first-order valence-electron chi connectivity index (χ1n) is 6.44. The van der Waals surface area contributed by atoms with Gasteiger partial charge in [0.1, 0.15) is 0 Å². The van der Waals surface area contributed by atoms with Crippen molar-refractivity contribution >= 4 is 0 Å². The zero-order valence-electron chi connectivity index (χ0n) is 9.95. The molecule has 3 heteroatoms. The Bertz CT molecular complexity index is 329. The van der Waals surface area contributed by atoms with Crippen LogP contribution < -0.4 is 5.32 Å². The maximum absolute atomic E-state index is 3.67. The Hall–Kier alpha value is -0.800. The highest BCUT2D eigenvalue weighted by molar-refractivity contribution is 5.08. The lowest BCUT2D eigenvalue weighted by Gasteiger charge is -2.19. The number of aromatic nitrogens is 1. The van der Waals surface area contributed by atoms with Crippen LogP contribution in [0.3, 0.4) is 0 Å². The van der Waals surface area contributed by atoms with Crippen molar-refractivity contribution < 1.29 is 0 Å². The van der Waals surface area contributed by atoms with Gasteiger partial charge in [-0.15, -0.1) is 0 Å². The Labute approximate surface area is 97.2 Å². The van der Waals surface area contributed by atoms with E-state index < -0.39 is 0 Å². The van der Waals surface area contributed by atoms with Gasteiger partial charge in [0.15, 0.2) is 0 Å². The molecule has 2 heterocycles. The Balaban J connectivity index is 1.49. The van der Waals surface area contributed by atoms with Crippen molar-refractivity contribution in [1.29, 1.82) is 0 Å². The van der Waals surface area contributed by atoms with Crippen LogP contribution in [0.2, 0.25) is 0 Å². The number of rotatable bonds is 4. The second kappa shape index (κ2) is 4.22. The van der Waals surface area contributed by atoms with Crippen LogP contribution >= 0.6 is 0 Å². The van der Waals surface area contributed by atoms with Crippen LogP contribution in [-0.2, 0) is 6.54 Å². The molecule has 3 rings (SSSR count). The predicted octanol–water partition coefficient (Wildman–Crippen LogP) is 1.73. The Kier molecular flexibility index (Phi) is 2.74. The molecule has 2 fully saturated rings. The summed E-state index contributed by atoms with van der Waals surface area (Å²) in [6.07, 6.45) is 8.22. The van der Waals surface area contributed by atoms with Gasteiger partial charge >= 0.3 is 0 Å². The van der Waals surface area contributed by atoms with E-state index in [-0.39, 0.29) is 0 Å². The van der Waals surface area contributed by atoms with E-state index in [4.69, 9.17) is 0 Å². The van der Waals surface area contributed by atoms with Gasteiger partial charge in [-0.3, -0.25) is 4.90 Å². The Morgan fingerprint density at radius 1 is 1.50 bits per heavy atom. The molecule has 1 aliphatic heterocycles. The normalized spacial score (nSPS) is 31.1. The van der Waals surface area contributed by atoms with E-state index in [1.54, 1.807) is 0 Å². The van der Waals surface area contributed by atoms with Gasteiger partial charge in [-0.25, -0.2) is 0 Å². The molecule has 3 nitrogen and oxygen atoms in total. The number of aromatic amines is 1. The first-order valence-corrected chi connectivity index (χ1v) is 6.44. The molecule has 1 aromatic rings. The summed E-state index contributed by atoms with van der Waals surface area (Å²) >= 11 is 0. The van der Waals surface area contributed by atoms with Crippen LogP contribution in [0.4, 0.5) is 0 Å². The van der Waals surface area contributed by atoms with E-state index in [9.17, 15) is 0 Å². The number of nitrogens with one attached hydrogen (secondary N) is 2. The average molecular weight is 219 g/mol. The van der Waals surface area contributed by atoms with Crippen LogP contribution in [-0.4, -0.2) is 34.6 Å². The van der Waals surface area contributed by atoms with Crippen LogP contribution in [0, 0.1) is 0 Å². The summed E-state index contributed by atoms with van der Waals surface area (Å²) in [5, 5.41) is 3.67. The molecule has 16 heavy (non-hydrogen) atoms. The third-order valence-corrected chi connectivity index (χ3v) is 3.90. The molecule has 0 aromatic carbocycles. The topological polar surface area (TPSA) is 31.1 Å². The zero-order valence-corrected chi connectivity index (χ0v) is 9.95. The summed E-state index contributed by atoms with van der Waals surface area (Å²) in [4.78, 5) is 5.79. The van der Waals surface area contributed by atoms with Crippen LogP contribution in [0.15, 0.2) is 18.5 Å². The van der Waals surface area contributed by atoms with Gasteiger partial charge in [0.25, 0.3) is 0 Å². The van der Waals surface area contributed by atoms with E-state index >= 15 is 0 Å². The summed E-state index contributed by atoms with van der Waals surface area (Å²) in [5.41, 5.74) is 1.36. The molecule has 2 aliphatic rings. The zero-order chi connectivity index (χ0) is 11.0. The monoisotopic (exact) mass is 219 g/mol. The summed E-state index contributed by atoms with van der Waals surface area (Å²) in [5.74, 6) is 0. The van der Waals surface area contributed by atoms with Gasteiger partial charge in [-0.1, -0.05) is 0 Å². The van der Waals surface area contributed by atoms with Crippen molar-refractivity contribution in [2.45, 2.75) is 50.9 Å². The minimum atomic E-state index is 0.686. The molecular weight excluding hydrogens is 198 g/mol. The minimum Gasteiger partial charge on any atom is -0.367 e. The molecule has 1 aromatic heterocycles. The van der Waals surface area contributed by atoms with Crippen molar-refractivity contribution in [3.63, 3.8) is 0 Å². The molecule has 1 saturated heterocycles. The lowest BCUT2D eigenvalue weighted by atomic mass is 10.2. The van der Waals surface area contributed by atoms with E-state index in [2.05, 4.69) is 34.4 Å². The van der Waals surface area contributed by atoms with Gasteiger partial charge in [0, 0.05) is 43.6 Å². The predicted molar refractivity (Wildman–Crippen MR) is 65.2 cm³/mol. The summed E-state index contributed by atoms with van der Waals surface area (Å²) in [7, 11) is 0. The number of nitrogens with zero attached hydrogens (tertiary/aromatic N) is 1. The Morgan fingerprint density at radius 2 is 2.38 bits per heavy atom. The molecule has 0 spiro atoms. The number of H-pyrrole nitrogens is 1. The molecule has 2 unspecified atom stereocenters. The smallest absolute Gasteiger partial charge is 0.0223 e. The molecule has 0 amide bonds. The highest BCUT2D eigenvalue weighted by Gasteiger charge is 2.38. The quantitative estimate of drug-likeness (QED) is 0.808. The summed E-state index contributed by atoms with van der Waals surface area (Å²) in [6, 6.07) is 4.51. The number of likely N-dealkylation sites (tertiary alicyclic amines) is 1. The maximum Gasteiger partial charge on any atom is 0.0223 e. The third kappa shape index (κ3) is 2.15. The minimum absolute atomic E-state index is 0.686. The van der Waals surface area contributed by atoms with Gasteiger partial charge < -0.3 is 10.3 Å². The average Bonchev–Trinajstić information content (AvgIpc) is 2.85. The van der Waals surface area contributed by atoms with Crippen molar-refractivity contribution in [3.8, 4) is 0 Å². The highest BCUT2D eigenvalue weighted by Crippen LogP contribution is 2.33. The van der Waals surface area contributed by atoms with E-state index in [0.29, 0.717) is 6.04 Å². The molecule has 2 atom stereocenters. The van der Waals surface area contributed by atoms with Crippen LogP contribution in [0.25, 0.3) is 0 Å². The third-order valence-electron chi connectivity index (χ3n) is 3.90. The molecule has 1 aliphatic carbocycles. The van der Waals surface area contributed by atoms with E-state index in [0.717, 1.165) is 18.6 Å². The lowest BCUT2D eigenvalue weighted by Crippen LogP contribution is -2.33. The van der Waals surface area contributed by atoms with E-state index in [1.807, 2.05) is 6.20 Å². The number of hydrogen-bond acceptors (Lipinski definition) is 2. The maximum atomic E-state index is 3.67. The molecular formula is C13H21N3. The second-order valence-corrected chi connectivity index (χ2v) is 5.31. The fourth-order valence-corrected chi connectivity index (χ4v) is 2.85. The molecule has 0 bridgehead atoms.